The summed E-state index contributed by atoms with van der Waals surface area (Å²) in [5.74, 6) is -7.03. The number of carbonyl (C=O) groups excluding carboxylic acids is 1. The summed E-state index contributed by atoms with van der Waals surface area (Å²) in [5, 5.41) is 0. The summed E-state index contributed by atoms with van der Waals surface area (Å²) >= 11 is 0. The van der Waals surface area contributed by atoms with Crippen molar-refractivity contribution in [3.05, 3.63) is 76.9 Å². The fourth-order valence-electron chi connectivity index (χ4n) is 1.92. The van der Waals surface area contributed by atoms with Crippen molar-refractivity contribution in [1.82, 2.24) is 0 Å². The van der Waals surface area contributed by atoms with Gasteiger partial charge in [0.2, 0.25) is 0 Å². The Morgan fingerprint density at radius 2 is 1.67 bits per heavy atom. The van der Waals surface area contributed by atoms with Gasteiger partial charge in [-0.2, -0.15) is 0 Å². The SMILES string of the molecule is C=Cc1ccccc1OC(=O)/C(C)=C/c1c(F)c(F)cc(F)c1F. The van der Waals surface area contributed by atoms with Crippen LogP contribution in [0.1, 0.15) is 18.1 Å². The minimum atomic E-state index is -1.59. The van der Waals surface area contributed by atoms with Gasteiger partial charge in [-0.1, -0.05) is 30.9 Å². The molecule has 2 rings (SSSR count). The third-order valence-electron chi connectivity index (χ3n) is 3.17. The lowest BCUT2D eigenvalue weighted by Gasteiger charge is -2.08. The number of carbonyl (C=O) groups is 1. The number of halogens is 4. The van der Waals surface area contributed by atoms with Crippen molar-refractivity contribution >= 4 is 18.1 Å². The molecule has 6 heteroatoms. The number of hydrogen-bond donors (Lipinski definition) is 0. The molecule has 0 spiro atoms. The van der Waals surface area contributed by atoms with Crippen molar-refractivity contribution < 1.29 is 27.1 Å². The Labute approximate surface area is 135 Å². The highest BCUT2D eigenvalue weighted by Gasteiger charge is 2.19. The summed E-state index contributed by atoms with van der Waals surface area (Å²) in [6, 6.07) is 6.57. The van der Waals surface area contributed by atoms with Crippen LogP contribution >= 0.6 is 0 Å². The third kappa shape index (κ3) is 3.53. The molecule has 0 fully saturated rings. The molecular formula is C18H12F4O2. The second-order valence-corrected chi connectivity index (χ2v) is 4.84. The fraction of sp³-hybridized carbons (Fsp3) is 0.0556. The number of rotatable bonds is 4. The van der Waals surface area contributed by atoms with Gasteiger partial charge in [0.15, 0.2) is 23.3 Å². The molecule has 0 aliphatic carbocycles. The molecule has 0 saturated heterocycles. The van der Waals surface area contributed by atoms with Gasteiger partial charge in [-0.3, -0.25) is 0 Å². The average Bonchev–Trinajstić information content (AvgIpc) is 2.57. The zero-order valence-electron chi connectivity index (χ0n) is 12.6. The molecule has 0 atom stereocenters. The third-order valence-corrected chi connectivity index (χ3v) is 3.17. The van der Waals surface area contributed by atoms with E-state index >= 15 is 0 Å². The molecule has 0 aliphatic rings. The summed E-state index contributed by atoms with van der Waals surface area (Å²) in [6.45, 7) is 4.77. The van der Waals surface area contributed by atoms with Crippen LogP contribution in [-0.2, 0) is 4.79 Å². The zero-order valence-corrected chi connectivity index (χ0v) is 12.6. The number of esters is 1. The van der Waals surface area contributed by atoms with E-state index in [4.69, 9.17) is 4.74 Å². The average molecular weight is 336 g/mol. The van der Waals surface area contributed by atoms with Crippen LogP contribution in [0.2, 0.25) is 0 Å². The van der Waals surface area contributed by atoms with Gasteiger partial charge in [-0.25, -0.2) is 22.4 Å². The quantitative estimate of drug-likeness (QED) is 0.261. The lowest BCUT2D eigenvalue weighted by Crippen LogP contribution is -2.10. The Kier molecular flexibility index (Phi) is 5.18. The highest BCUT2D eigenvalue weighted by molar-refractivity contribution is 5.94. The molecule has 24 heavy (non-hydrogen) atoms. The van der Waals surface area contributed by atoms with E-state index < -0.39 is 34.8 Å². The molecule has 0 radical (unpaired) electrons. The van der Waals surface area contributed by atoms with Crippen molar-refractivity contribution in [2.45, 2.75) is 6.92 Å². The van der Waals surface area contributed by atoms with Crippen LogP contribution in [0, 0.1) is 23.3 Å². The maximum atomic E-state index is 13.6. The Morgan fingerprint density at radius 1 is 1.08 bits per heavy atom. The molecule has 0 aromatic heterocycles. The minimum Gasteiger partial charge on any atom is -0.423 e. The molecular weight excluding hydrogens is 324 g/mol. The van der Waals surface area contributed by atoms with E-state index in [1.54, 1.807) is 18.2 Å². The first kappa shape index (κ1) is 17.5. The predicted molar refractivity (Wildman–Crippen MR) is 82.1 cm³/mol. The van der Waals surface area contributed by atoms with Gasteiger partial charge in [-0.15, -0.1) is 0 Å². The summed E-state index contributed by atoms with van der Waals surface area (Å²) in [4.78, 5) is 12.0. The lowest BCUT2D eigenvalue weighted by atomic mass is 10.1. The molecule has 2 nitrogen and oxygen atoms in total. The molecule has 0 N–H and O–H groups in total. The van der Waals surface area contributed by atoms with Crippen molar-refractivity contribution in [3.63, 3.8) is 0 Å². The summed E-state index contributed by atoms with van der Waals surface area (Å²) in [5.41, 5.74) is -0.691. The molecule has 0 saturated carbocycles. The van der Waals surface area contributed by atoms with Gasteiger partial charge in [0.05, 0.1) is 5.56 Å². The maximum Gasteiger partial charge on any atom is 0.339 e. The van der Waals surface area contributed by atoms with E-state index in [-0.39, 0.29) is 17.4 Å². The fourth-order valence-corrected chi connectivity index (χ4v) is 1.92. The maximum absolute atomic E-state index is 13.6. The number of para-hydroxylation sites is 1. The zero-order chi connectivity index (χ0) is 17.9. The van der Waals surface area contributed by atoms with Gasteiger partial charge in [-0.05, 0) is 19.1 Å². The predicted octanol–water partition coefficient (Wildman–Crippen LogP) is 4.89. The van der Waals surface area contributed by atoms with Gasteiger partial charge in [0.1, 0.15) is 5.75 Å². The smallest absolute Gasteiger partial charge is 0.339 e. The van der Waals surface area contributed by atoms with Gasteiger partial charge >= 0.3 is 5.97 Å². The summed E-state index contributed by atoms with van der Waals surface area (Å²) < 4.78 is 58.7. The number of hydrogen-bond acceptors (Lipinski definition) is 2. The molecule has 0 unspecified atom stereocenters. The molecule has 2 aromatic rings. The summed E-state index contributed by atoms with van der Waals surface area (Å²) in [6.07, 6.45) is 2.15. The number of benzene rings is 2. The van der Waals surface area contributed by atoms with Crippen molar-refractivity contribution in [3.8, 4) is 5.75 Å². The minimum absolute atomic E-state index is 0.0932. The van der Waals surface area contributed by atoms with E-state index in [1.807, 2.05) is 0 Å². The monoisotopic (exact) mass is 336 g/mol. The first-order chi connectivity index (χ1) is 11.3. The Bertz CT molecular complexity index is 815. The molecule has 2 aromatic carbocycles. The Morgan fingerprint density at radius 3 is 2.25 bits per heavy atom. The standard InChI is InChI=1S/C18H12F4O2/c1-3-11-6-4-5-7-15(11)24-18(23)10(2)8-12-16(21)13(19)9-14(20)17(12)22/h3-9H,1H2,2H3/b10-8+. The van der Waals surface area contributed by atoms with Crippen molar-refractivity contribution in [2.75, 3.05) is 0 Å². The van der Waals surface area contributed by atoms with E-state index in [1.165, 1.54) is 19.1 Å². The first-order valence-electron chi connectivity index (χ1n) is 6.80. The molecule has 0 bridgehead atoms. The van der Waals surface area contributed by atoms with Gasteiger partial charge in [0, 0.05) is 17.2 Å². The van der Waals surface area contributed by atoms with Crippen LogP contribution < -0.4 is 4.74 Å². The van der Waals surface area contributed by atoms with Crippen molar-refractivity contribution in [1.29, 1.82) is 0 Å². The lowest BCUT2D eigenvalue weighted by molar-refractivity contribution is -0.130. The highest BCUT2D eigenvalue weighted by atomic mass is 19.2. The second kappa shape index (κ2) is 7.12. The Balaban J connectivity index is 2.35. The van der Waals surface area contributed by atoms with Crippen LogP contribution in [0.5, 0.6) is 5.75 Å². The van der Waals surface area contributed by atoms with Crippen LogP contribution in [0.15, 0.2) is 42.5 Å². The topological polar surface area (TPSA) is 26.3 Å². The van der Waals surface area contributed by atoms with E-state index in [0.717, 1.165) is 0 Å². The highest BCUT2D eigenvalue weighted by Crippen LogP contribution is 2.23. The summed E-state index contributed by atoms with van der Waals surface area (Å²) in [7, 11) is 0. The van der Waals surface area contributed by atoms with Gasteiger partial charge < -0.3 is 4.74 Å². The van der Waals surface area contributed by atoms with Crippen LogP contribution in [0.25, 0.3) is 12.2 Å². The largest absolute Gasteiger partial charge is 0.423 e. The van der Waals surface area contributed by atoms with E-state index in [9.17, 15) is 22.4 Å². The molecule has 0 amide bonds. The normalized spacial score (nSPS) is 11.3. The first-order valence-corrected chi connectivity index (χ1v) is 6.80. The molecule has 124 valence electrons. The molecule has 0 heterocycles. The molecule has 0 aliphatic heterocycles. The second-order valence-electron chi connectivity index (χ2n) is 4.84. The van der Waals surface area contributed by atoms with Crippen LogP contribution in [0.3, 0.4) is 0 Å². The van der Waals surface area contributed by atoms with E-state index in [2.05, 4.69) is 6.58 Å². The van der Waals surface area contributed by atoms with Crippen LogP contribution in [-0.4, -0.2) is 5.97 Å². The van der Waals surface area contributed by atoms with Crippen LogP contribution in [0.4, 0.5) is 17.6 Å². The van der Waals surface area contributed by atoms with Crippen molar-refractivity contribution in [2.24, 2.45) is 0 Å². The van der Waals surface area contributed by atoms with Gasteiger partial charge in [0.25, 0.3) is 0 Å². The van der Waals surface area contributed by atoms with E-state index in [0.29, 0.717) is 11.6 Å². The Hall–Kier alpha value is -2.89. The number of ether oxygens (including phenoxy) is 1.